The number of methoxy groups -OCH3 is 1. The van der Waals surface area contributed by atoms with Gasteiger partial charge in [-0.3, -0.25) is 4.79 Å². The number of hydrogen-bond acceptors (Lipinski definition) is 4. The van der Waals surface area contributed by atoms with E-state index in [0.29, 0.717) is 19.7 Å². The number of ketones is 1. The first-order valence-corrected chi connectivity index (χ1v) is 9.54. The molecule has 27 heavy (non-hydrogen) atoms. The molecule has 2 N–H and O–H groups in total. The molecule has 2 aromatic rings. The molecule has 0 amide bonds. The number of carbonyl (C=O) groups is 1. The molecular weight excluding hydrogens is 338 g/mol. The quantitative estimate of drug-likeness (QED) is 0.533. The zero-order valence-corrected chi connectivity index (χ0v) is 17.1. The van der Waals surface area contributed by atoms with E-state index in [4.69, 9.17) is 15.5 Å². The third-order valence-electron chi connectivity index (χ3n) is 4.96. The van der Waals surface area contributed by atoms with Gasteiger partial charge in [-0.1, -0.05) is 26.0 Å². The Morgan fingerprint density at radius 1 is 1.41 bits per heavy atom. The van der Waals surface area contributed by atoms with Gasteiger partial charge in [-0.15, -0.1) is 0 Å². The Morgan fingerprint density at radius 2 is 2.15 bits per heavy atom. The summed E-state index contributed by atoms with van der Waals surface area (Å²) >= 11 is 0. The van der Waals surface area contributed by atoms with E-state index >= 15 is 0 Å². The van der Waals surface area contributed by atoms with Crippen molar-refractivity contribution in [1.29, 1.82) is 0 Å². The number of Topliss-reactive ketones (excluding diaryl/α,β-unsaturated/α-hetero) is 1. The van der Waals surface area contributed by atoms with E-state index < -0.39 is 0 Å². The summed E-state index contributed by atoms with van der Waals surface area (Å²) in [6.07, 6.45) is 4.79. The van der Waals surface area contributed by atoms with Gasteiger partial charge in [0.1, 0.15) is 5.82 Å². The lowest BCUT2D eigenvalue weighted by molar-refractivity contribution is -0.118. The van der Waals surface area contributed by atoms with Crippen LogP contribution in [0.3, 0.4) is 0 Å². The van der Waals surface area contributed by atoms with Gasteiger partial charge >= 0.3 is 0 Å². The first-order valence-electron chi connectivity index (χ1n) is 9.54. The average Bonchev–Trinajstić information content (AvgIpc) is 3.06. The molecule has 0 fully saturated rings. The molecule has 0 aliphatic heterocycles. The normalized spacial score (nSPS) is 14.0. The molecule has 1 heterocycles. The molecule has 2 rings (SSSR count). The minimum Gasteiger partial charge on any atom is -0.383 e. The number of aromatic nitrogens is 2. The van der Waals surface area contributed by atoms with Gasteiger partial charge in [-0.2, -0.15) is 0 Å². The molecule has 0 aliphatic rings. The second-order valence-electron chi connectivity index (χ2n) is 6.85. The lowest BCUT2D eigenvalue weighted by atomic mass is 9.96. The first kappa shape index (κ1) is 21.1. The predicted octanol–water partition coefficient (Wildman–Crippen LogP) is 4.11. The van der Waals surface area contributed by atoms with Gasteiger partial charge in [0.15, 0.2) is 5.78 Å². The van der Waals surface area contributed by atoms with Crippen molar-refractivity contribution in [2.24, 2.45) is 11.7 Å². The predicted molar refractivity (Wildman–Crippen MR) is 111 cm³/mol. The molecule has 1 unspecified atom stereocenters. The summed E-state index contributed by atoms with van der Waals surface area (Å²) in [5.41, 5.74) is 10.5. The molecule has 1 atom stereocenters. The highest BCUT2D eigenvalue weighted by atomic mass is 16.5. The molecule has 0 saturated heterocycles. The number of hydrogen-bond donors (Lipinski definition) is 1. The van der Waals surface area contributed by atoms with Crippen molar-refractivity contribution in [3.63, 3.8) is 0 Å². The standard InChI is InChI=1S/C22H31N3O2/c1-6-15(3)21(26)16(4)12-18(7-2)22-24-19-13-17(14-23)8-9-20(19)25(22)10-11-27-5/h7-9,12-13,15H,6,10-11,14,23H2,1-5H3/b16-12-,18-7+. The van der Waals surface area contributed by atoms with Crippen LogP contribution in [0, 0.1) is 5.92 Å². The highest BCUT2D eigenvalue weighted by Crippen LogP contribution is 2.25. The van der Waals surface area contributed by atoms with Crippen LogP contribution in [-0.4, -0.2) is 29.1 Å². The number of carbonyl (C=O) groups excluding carboxylic acids is 1. The Labute approximate surface area is 161 Å². The summed E-state index contributed by atoms with van der Waals surface area (Å²) in [7, 11) is 1.69. The van der Waals surface area contributed by atoms with E-state index in [-0.39, 0.29) is 11.7 Å². The van der Waals surface area contributed by atoms with Gasteiger partial charge < -0.3 is 15.0 Å². The van der Waals surface area contributed by atoms with Crippen LogP contribution in [0.2, 0.25) is 0 Å². The van der Waals surface area contributed by atoms with Gasteiger partial charge in [-0.05, 0) is 49.6 Å². The SMILES string of the molecule is C/C=C(\C=C(\C)C(=O)C(C)CC)c1nc2cc(CN)ccc2n1CCOC. The molecule has 0 bridgehead atoms. The molecule has 0 saturated carbocycles. The van der Waals surface area contributed by atoms with Crippen molar-refractivity contribution in [3.05, 3.63) is 47.3 Å². The van der Waals surface area contributed by atoms with Crippen molar-refractivity contribution in [2.75, 3.05) is 13.7 Å². The summed E-state index contributed by atoms with van der Waals surface area (Å²) < 4.78 is 7.43. The van der Waals surface area contributed by atoms with Crippen molar-refractivity contribution in [2.45, 2.75) is 47.2 Å². The number of benzene rings is 1. The minimum absolute atomic E-state index is 0.0266. The van der Waals surface area contributed by atoms with Crippen LogP contribution >= 0.6 is 0 Å². The van der Waals surface area contributed by atoms with Crippen molar-refractivity contribution >= 4 is 22.4 Å². The highest BCUT2D eigenvalue weighted by Gasteiger charge is 2.17. The van der Waals surface area contributed by atoms with E-state index in [1.54, 1.807) is 7.11 Å². The minimum atomic E-state index is 0.0266. The van der Waals surface area contributed by atoms with Crippen molar-refractivity contribution in [3.8, 4) is 0 Å². The van der Waals surface area contributed by atoms with Crippen molar-refractivity contribution < 1.29 is 9.53 Å². The molecule has 0 aliphatic carbocycles. The molecule has 5 nitrogen and oxygen atoms in total. The van der Waals surface area contributed by atoms with Crippen molar-refractivity contribution in [1.82, 2.24) is 9.55 Å². The largest absolute Gasteiger partial charge is 0.383 e. The van der Waals surface area contributed by atoms with Gasteiger partial charge in [-0.25, -0.2) is 4.98 Å². The Morgan fingerprint density at radius 3 is 2.74 bits per heavy atom. The molecule has 5 heteroatoms. The van der Waals surface area contributed by atoms with Gasteiger partial charge in [0, 0.05) is 31.7 Å². The highest BCUT2D eigenvalue weighted by molar-refractivity contribution is 5.99. The smallest absolute Gasteiger partial charge is 0.161 e. The second-order valence-corrected chi connectivity index (χ2v) is 6.85. The van der Waals surface area contributed by atoms with Gasteiger partial charge in [0.25, 0.3) is 0 Å². The molecule has 146 valence electrons. The van der Waals surface area contributed by atoms with E-state index in [1.807, 2.05) is 52.0 Å². The van der Waals surface area contributed by atoms with Crippen LogP contribution in [0.25, 0.3) is 16.6 Å². The Bertz CT molecular complexity index is 862. The molecular formula is C22H31N3O2. The van der Waals surface area contributed by atoms with Gasteiger partial charge in [0.05, 0.1) is 17.6 Å². The van der Waals surface area contributed by atoms with E-state index in [1.165, 1.54) is 0 Å². The molecule has 1 aromatic heterocycles. The van der Waals surface area contributed by atoms with Crippen LogP contribution < -0.4 is 5.73 Å². The Hall–Kier alpha value is -2.24. The molecule has 0 spiro atoms. The monoisotopic (exact) mass is 369 g/mol. The van der Waals surface area contributed by atoms with Crippen LogP contribution in [0.5, 0.6) is 0 Å². The molecule has 0 radical (unpaired) electrons. The lowest BCUT2D eigenvalue weighted by Gasteiger charge is -2.11. The number of rotatable bonds is 9. The Kier molecular flexibility index (Phi) is 7.51. The van der Waals surface area contributed by atoms with Crippen LogP contribution in [0.15, 0.2) is 35.9 Å². The number of nitrogens with zero attached hydrogens (tertiary/aromatic N) is 2. The fourth-order valence-corrected chi connectivity index (χ4v) is 3.09. The summed E-state index contributed by atoms with van der Waals surface area (Å²) in [4.78, 5) is 17.4. The number of allylic oxidation sites excluding steroid dienone is 4. The number of ether oxygens (including phenoxy) is 1. The van der Waals surface area contributed by atoms with E-state index in [2.05, 4.69) is 10.6 Å². The summed E-state index contributed by atoms with van der Waals surface area (Å²) in [5, 5.41) is 0. The average molecular weight is 370 g/mol. The first-order chi connectivity index (χ1) is 13.0. The van der Waals surface area contributed by atoms with Crippen LogP contribution in [0.1, 0.15) is 45.5 Å². The maximum Gasteiger partial charge on any atom is 0.161 e. The fourth-order valence-electron chi connectivity index (χ4n) is 3.09. The van der Waals surface area contributed by atoms with Crippen LogP contribution in [-0.2, 0) is 22.6 Å². The molecule has 1 aromatic carbocycles. The maximum absolute atomic E-state index is 12.5. The number of fused-ring (bicyclic) bond motifs is 1. The zero-order chi connectivity index (χ0) is 20.0. The fraction of sp³-hybridized carbons (Fsp3) is 0.455. The van der Waals surface area contributed by atoms with E-state index in [0.717, 1.165) is 40.0 Å². The third kappa shape index (κ3) is 4.73. The topological polar surface area (TPSA) is 70.1 Å². The number of imidazole rings is 1. The van der Waals surface area contributed by atoms with E-state index in [9.17, 15) is 4.79 Å². The summed E-state index contributed by atoms with van der Waals surface area (Å²) in [5.74, 6) is 1.05. The third-order valence-corrected chi connectivity index (χ3v) is 4.96. The Balaban J connectivity index is 2.54. The lowest BCUT2D eigenvalue weighted by Crippen LogP contribution is -2.12. The van der Waals surface area contributed by atoms with Gasteiger partial charge in [0.2, 0.25) is 0 Å². The maximum atomic E-state index is 12.5. The second kappa shape index (κ2) is 9.62. The van der Waals surface area contributed by atoms with Crippen LogP contribution in [0.4, 0.5) is 0 Å². The summed E-state index contributed by atoms with van der Waals surface area (Å²) in [6, 6.07) is 6.11. The summed E-state index contributed by atoms with van der Waals surface area (Å²) in [6.45, 7) is 9.61. The zero-order valence-electron chi connectivity index (χ0n) is 17.1. The number of nitrogens with two attached hydrogens (primary N) is 1.